The van der Waals surface area contributed by atoms with Crippen LogP contribution in [0.15, 0.2) is 0 Å². The molecule has 3 nitrogen and oxygen atoms in total. The van der Waals surface area contributed by atoms with Gasteiger partial charge < -0.3 is 10.6 Å². The molecule has 1 aliphatic carbocycles. The molecule has 0 amide bonds. The highest BCUT2D eigenvalue weighted by Crippen LogP contribution is 2.42. The highest BCUT2D eigenvalue weighted by molar-refractivity contribution is 5.06. The molecule has 2 heterocycles. The monoisotopic (exact) mass is 279 g/mol. The summed E-state index contributed by atoms with van der Waals surface area (Å²) in [6, 6.07) is 0.786. The topological polar surface area (TPSA) is 32.5 Å². The Morgan fingerprint density at radius 2 is 1.90 bits per heavy atom. The standard InChI is InChI=1S/C17H33N3/c1-3-14-4-6-16(7-5-14)19(2)17(13-18)9-11-20-10-8-15(17)12-20/h14-16H,3-13,18H2,1-2H3. The van der Waals surface area contributed by atoms with Crippen LogP contribution in [0, 0.1) is 11.8 Å². The van der Waals surface area contributed by atoms with E-state index in [2.05, 4.69) is 23.8 Å². The number of piperidine rings is 1. The molecule has 0 aromatic heterocycles. The summed E-state index contributed by atoms with van der Waals surface area (Å²) >= 11 is 0. The van der Waals surface area contributed by atoms with Crippen LogP contribution in [0.1, 0.15) is 51.9 Å². The molecule has 2 bridgehead atoms. The number of hydrogen-bond acceptors (Lipinski definition) is 3. The van der Waals surface area contributed by atoms with E-state index >= 15 is 0 Å². The average Bonchev–Trinajstić information content (AvgIpc) is 2.91. The van der Waals surface area contributed by atoms with Crippen molar-refractivity contribution in [2.45, 2.75) is 63.5 Å². The molecule has 3 atom stereocenters. The third-order valence-electron chi connectivity index (χ3n) is 6.89. The van der Waals surface area contributed by atoms with Gasteiger partial charge in [-0.2, -0.15) is 0 Å². The van der Waals surface area contributed by atoms with Gasteiger partial charge in [0.1, 0.15) is 0 Å². The summed E-state index contributed by atoms with van der Waals surface area (Å²) in [7, 11) is 2.39. The zero-order chi connectivity index (χ0) is 14.2. The molecule has 3 unspecified atom stereocenters. The van der Waals surface area contributed by atoms with Crippen molar-refractivity contribution < 1.29 is 0 Å². The SMILES string of the molecule is CCC1CCC(N(C)C2(CN)CCN3CCC2C3)CC1. The van der Waals surface area contributed by atoms with Crippen LogP contribution in [0.25, 0.3) is 0 Å². The average molecular weight is 279 g/mol. The Bertz CT molecular complexity index is 324. The number of nitrogens with two attached hydrogens (primary N) is 1. The summed E-state index contributed by atoms with van der Waals surface area (Å²) in [4.78, 5) is 5.38. The van der Waals surface area contributed by atoms with E-state index < -0.39 is 0 Å². The first-order valence-corrected chi connectivity index (χ1v) is 8.85. The molecule has 0 aromatic rings. The van der Waals surface area contributed by atoms with Crippen LogP contribution in [-0.2, 0) is 0 Å². The third kappa shape index (κ3) is 2.42. The second-order valence-electron chi connectivity index (χ2n) is 7.54. The summed E-state index contributed by atoms with van der Waals surface area (Å²) in [6.07, 6.45) is 9.69. The molecule has 2 aliphatic heterocycles. The highest BCUT2D eigenvalue weighted by Gasteiger charge is 2.49. The third-order valence-corrected chi connectivity index (χ3v) is 6.89. The lowest BCUT2D eigenvalue weighted by atomic mass is 9.74. The molecular weight excluding hydrogens is 246 g/mol. The quantitative estimate of drug-likeness (QED) is 0.857. The molecule has 0 aromatic carbocycles. The fraction of sp³-hybridized carbons (Fsp3) is 1.00. The van der Waals surface area contributed by atoms with Gasteiger partial charge >= 0.3 is 0 Å². The van der Waals surface area contributed by atoms with Gasteiger partial charge in [-0.05, 0) is 70.5 Å². The molecule has 0 spiro atoms. The Labute approximate surface area is 124 Å². The molecule has 0 radical (unpaired) electrons. The Balaban J connectivity index is 1.69. The van der Waals surface area contributed by atoms with Crippen LogP contribution in [-0.4, -0.2) is 54.6 Å². The Kier molecular flexibility index (Phi) is 4.40. The second kappa shape index (κ2) is 5.94. The molecule has 1 saturated carbocycles. The van der Waals surface area contributed by atoms with Crippen molar-refractivity contribution in [3.8, 4) is 0 Å². The molecule has 3 fully saturated rings. The van der Waals surface area contributed by atoms with Crippen molar-refractivity contribution in [3.05, 3.63) is 0 Å². The number of nitrogens with zero attached hydrogens (tertiary/aromatic N) is 2. The van der Waals surface area contributed by atoms with Crippen molar-refractivity contribution >= 4 is 0 Å². The van der Waals surface area contributed by atoms with Crippen LogP contribution in [0.4, 0.5) is 0 Å². The highest BCUT2D eigenvalue weighted by atomic mass is 15.3. The van der Waals surface area contributed by atoms with Crippen molar-refractivity contribution in [2.24, 2.45) is 17.6 Å². The number of fused-ring (bicyclic) bond motifs is 2. The maximum atomic E-state index is 6.32. The fourth-order valence-corrected chi connectivity index (χ4v) is 5.21. The van der Waals surface area contributed by atoms with E-state index in [1.165, 1.54) is 64.6 Å². The maximum absolute atomic E-state index is 6.32. The van der Waals surface area contributed by atoms with Gasteiger partial charge in [0.25, 0.3) is 0 Å². The number of likely N-dealkylation sites (N-methyl/N-ethyl adjacent to an activating group) is 1. The van der Waals surface area contributed by atoms with E-state index in [9.17, 15) is 0 Å². The van der Waals surface area contributed by atoms with Gasteiger partial charge in [0.15, 0.2) is 0 Å². The van der Waals surface area contributed by atoms with E-state index in [1.807, 2.05) is 0 Å². The van der Waals surface area contributed by atoms with Gasteiger partial charge in [-0.3, -0.25) is 4.90 Å². The summed E-state index contributed by atoms with van der Waals surface area (Å²) in [6.45, 7) is 7.08. The van der Waals surface area contributed by atoms with E-state index in [0.717, 1.165) is 24.4 Å². The van der Waals surface area contributed by atoms with E-state index in [-0.39, 0.29) is 0 Å². The van der Waals surface area contributed by atoms with Crippen LogP contribution in [0.5, 0.6) is 0 Å². The Hall–Kier alpha value is -0.120. The van der Waals surface area contributed by atoms with Crippen LogP contribution >= 0.6 is 0 Å². The first kappa shape index (κ1) is 14.8. The fourth-order valence-electron chi connectivity index (χ4n) is 5.21. The zero-order valence-electron chi connectivity index (χ0n) is 13.5. The van der Waals surface area contributed by atoms with Crippen molar-refractivity contribution in [1.29, 1.82) is 0 Å². The number of rotatable bonds is 4. The molecule has 3 aliphatic rings. The van der Waals surface area contributed by atoms with Gasteiger partial charge in [-0.25, -0.2) is 0 Å². The number of hydrogen-bond donors (Lipinski definition) is 1. The molecule has 20 heavy (non-hydrogen) atoms. The molecule has 3 rings (SSSR count). The van der Waals surface area contributed by atoms with Gasteiger partial charge in [0.2, 0.25) is 0 Å². The minimum absolute atomic E-state index is 0.302. The first-order valence-electron chi connectivity index (χ1n) is 8.85. The van der Waals surface area contributed by atoms with Crippen molar-refractivity contribution in [2.75, 3.05) is 33.2 Å². The van der Waals surface area contributed by atoms with E-state index in [4.69, 9.17) is 5.73 Å². The van der Waals surface area contributed by atoms with E-state index in [0.29, 0.717) is 5.54 Å². The minimum atomic E-state index is 0.302. The zero-order valence-corrected chi connectivity index (χ0v) is 13.5. The van der Waals surface area contributed by atoms with Crippen LogP contribution < -0.4 is 5.73 Å². The Morgan fingerprint density at radius 1 is 1.15 bits per heavy atom. The van der Waals surface area contributed by atoms with E-state index in [1.54, 1.807) is 0 Å². The van der Waals surface area contributed by atoms with Crippen molar-refractivity contribution in [1.82, 2.24) is 9.80 Å². The summed E-state index contributed by atoms with van der Waals surface area (Å²) in [5.74, 6) is 1.80. The summed E-state index contributed by atoms with van der Waals surface area (Å²) < 4.78 is 0. The summed E-state index contributed by atoms with van der Waals surface area (Å²) in [5, 5.41) is 0. The Morgan fingerprint density at radius 3 is 2.55 bits per heavy atom. The maximum Gasteiger partial charge on any atom is 0.0384 e. The molecular formula is C17H33N3. The second-order valence-corrected chi connectivity index (χ2v) is 7.54. The van der Waals surface area contributed by atoms with Gasteiger partial charge in [-0.15, -0.1) is 0 Å². The lowest BCUT2D eigenvalue weighted by Gasteiger charge is -2.52. The normalized spacial score (nSPS) is 45.0. The first-order chi connectivity index (χ1) is 9.69. The molecule has 2 saturated heterocycles. The molecule has 3 heteroatoms. The lowest BCUT2D eigenvalue weighted by molar-refractivity contribution is -0.0166. The minimum Gasteiger partial charge on any atom is -0.329 e. The lowest BCUT2D eigenvalue weighted by Crippen LogP contribution is -2.63. The van der Waals surface area contributed by atoms with Crippen LogP contribution in [0.3, 0.4) is 0 Å². The predicted octanol–water partition coefficient (Wildman–Crippen LogP) is 2.31. The van der Waals surface area contributed by atoms with Gasteiger partial charge in [-0.1, -0.05) is 13.3 Å². The van der Waals surface area contributed by atoms with Gasteiger partial charge in [0, 0.05) is 24.7 Å². The summed E-state index contributed by atoms with van der Waals surface area (Å²) in [5.41, 5.74) is 6.63. The van der Waals surface area contributed by atoms with Crippen molar-refractivity contribution in [3.63, 3.8) is 0 Å². The molecule has 116 valence electrons. The van der Waals surface area contributed by atoms with Crippen LogP contribution in [0.2, 0.25) is 0 Å². The molecule has 2 N–H and O–H groups in total. The smallest absolute Gasteiger partial charge is 0.0384 e. The largest absolute Gasteiger partial charge is 0.329 e. The predicted molar refractivity (Wildman–Crippen MR) is 84.7 cm³/mol. The van der Waals surface area contributed by atoms with Gasteiger partial charge in [0.05, 0.1) is 0 Å².